The summed E-state index contributed by atoms with van der Waals surface area (Å²) in [5.74, 6) is -0.272. The van der Waals surface area contributed by atoms with Crippen molar-refractivity contribution in [3.05, 3.63) is 28.2 Å². The minimum Gasteiger partial charge on any atom is -0.381 e. The van der Waals surface area contributed by atoms with Gasteiger partial charge in [-0.2, -0.15) is 11.8 Å². The molecule has 0 unspecified atom stereocenters. The molecule has 0 aliphatic rings. The minimum atomic E-state index is -0.579. The number of rotatable bonds is 4. The predicted molar refractivity (Wildman–Crippen MR) is 60.9 cm³/mol. The van der Waals surface area contributed by atoms with Crippen LogP contribution in [0.15, 0.2) is 16.6 Å². The van der Waals surface area contributed by atoms with Crippen LogP contribution in [-0.4, -0.2) is 18.6 Å². The molecule has 0 aliphatic carbocycles. The smallest absolute Gasteiger partial charge is 0.150 e. The Labute approximate surface area is 94.4 Å². The molecule has 0 saturated carbocycles. The van der Waals surface area contributed by atoms with Gasteiger partial charge in [0.2, 0.25) is 0 Å². The maximum atomic E-state index is 13.2. The third kappa shape index (κ3) is 3.13. The van der Waals surface area contributed by atoms with Gasteiger partial charge < -0.3 is 5.32 Å². The molecule has 5 heteroatoms. The van der Waals surface area contributed by atoms with Crippen molar-refractivity contribution in [3.63, 3.8) is 0 Å². The zero-order chi connectivity index (χ0) is 10.6. The summed E-state index contributed by atoms with van der Waals surface area (Å²) in [6, 6.07) is 2.11. The maximum Gasteiger partial charge on any atom is 0.150 e. The van der Waals surface area contributed by atoms with Crippen molar-refractivity contribution in [2.75, 3.05) is 23.9 Å². The fraction of sp³-hybridized carbons (Fsp3) is 0.333. The van der Waals surface area contributed by atoms with Crippen molar-refractivity contribution in [1.82, 2.24) is 0 Å². The lowest BCUT2D eigenvalue weighted by molar-refractivity contribution is 0.584. The van der Waals surface area contributed by atoms with Crippen molar-refractivity contribution in [2.45, 2.75) is 0 Å². The van der Waals surface area contributed by atoms with E-state index in [0.717, 1.165) is 11.8 Å². The fourth-order valence-electron chi connectivity index (χ4n) is 0.989. The van der Waals surface area contributed by atoms with Crippen molar-refractivity contribution in [3.8, 4) is 0 Å². The van der Waals surface area contributed by atoms with Gasteiger partial charge in [0, 0.05) is 22.8 Å². The lowest BCUT2D eigenvalue weighted by atomic mass is 10.3. The molecule has 0 aliphatic heterocycles. The minimum absolute atomic E-state index is 0.320. The normalized spacial score (nSPS) is 10.3. The van der Waals surface area contributed by atoms with Gasteiger partial charge >= 0.3 is 0 Å². The van der Waals surface area contributed by atoms with E-state index in [2.05, 4.69) is 21.2 Å². The van der Waals surface area contributed by atoms with Crippen molar-refractivity contribution < 1.29 is 8.78 Å². The molecule has 1 aromatic carbocycles. The van der Waals surface area contributed by atoms with Gasteiger partial charge in [-0.3, -0.25) is 0 Å². The van der Waals surface area contributed by atoms with Crippen molar-refractivity contribution in [1.29, 1.82) is 0 Å². The molecular weight excluding hydrogens is 272 g/mol. The SMILES string of the molecule is CSCCNc1c(F)cc(F)cc1Br. The molecule has 1 N–H and O–H groups in total. The Hall–Kier alpha value is -0.290. The highest BCUT2D eigenvalue weighted by molar-refractivity contribution is 9.10. The average molecular weight is 282 g/mol. The summed E-state index contributed by atoms with van der Waals surface area (Å²) in [5, 5.41) is 2.90. The van der Waals surface area contributed by atoms with Gasteiger partial charge in [0.1, 0.15) is 11.6 Å². The molecule has 0 fully saturated rings. The zero-order valence-electron chi connectivity index (χ0n) is 7.61. The van der Waals surface area contributed by atoms with Gasteiger partial charge in [-0.15, -0.1) is 0 Å². The molecule has 0 amide bonds. The van der Waals surface area contributed by atoms with Gasteiger partial charge in [-0.05, 0) is 28.3 Å². The van der Waals surface area contributed by atoms with Crippen LogP contribution in [-0.2, 0) is 0 Å². The number of hydrogen-bond donors (Lipinski definition) is 1. The Bertz CT molecular complexity index is 297. The summed E-state index contributed by atoms with van der Waals surface area (Å²) in [6.45, 7) is 0.655. The summed E-state index contributed by atoms with van der Waals surface area (Å²) >= 11 is 4.76. The monoisotopic (exact) mass is 281 g/mol. The first-order valence-corrected chi connectivity index (χ1v) is 6.21. The Balaban J connectivity index is 2.75. The molecule has 78 valence electrons. The molecule has 0 spiro atoms. The van der Waals surface area contributed by atoms with Crippen LogP contribution < -0.4 is 5.32 Å². The summed E-state index contributed by atoms with van der Waals surface area (Å²) in [5.41, 5.74) is 0.320. The van der Waals surface area contributed by atoms with E-state index < -0.39 is 11.6 Å². The largest absolute Gasteiger partial charge is 0.381 e. The fourth-order valence-corrected chi connectivity index (χ4v) is 1.84. The third-order valence-electron chi connectivity index (χ3n) is 1.61. The highest BCUT2D eigenvalue weighted by Gasteiger charge is 2.08. The first-order chi connectivity index (χ1) is 6.65. The van der Waals surface area contributed by atoms with E-state index in [1.54, 1.807) is 11.8 Å². The molecule has 1 nitrogen and oxygen atoms in total. The second kappa shape index (κ2) is 5.56. The van der Waals surface area contributed by atoms with Crippen LogP contribution in [0, 0.1) is 11.6 Å². The van der Waals surface area contributed by atoms with Crippen LogP contribution >= 0.6 is 27.7 Å². The van der Waals surface area contributed by atoms with Crippen LogP contribution in [0.25, 0.3) is 0 Å². The maximum absolute atomic E-state index is 13.2. The van der Waals surface area contributed by atoms with E-state index in [-0.39, 0.29) is 0 Å². The van der Waals surface area contributed by atoms with Crippen LogP contribution in [0.3, 0.4) is 0 Å². The zero-order valence-corrected chi connectivity index (χ0v) is 10.0. The summed E-state index contributed by atoms with van der Waals surface area (Å²) in [4.78, 5) is 0. The van der Waals surface area contributed by atoms with Crippen molar-refractivity contribution >= 4 is 33.4 Å². The molecule has 0 atom stereocenters. The number of nitrogens with one attached hydrogen (secondary N) is 1. The highest BCUT2D eigenvalue weighted by Crippen LogP contribution is 2.26. The standard InChI is InChI=1S/C9H10BrF2NS/c1-14-3-2-13-9-7(10)4-6(11)5-8(9)12/h4-5,13H,2-3H2,1H3. The van der Waals surface area contributed by atoms with E-state index in [9.17, 15) is 8.78 Å². The van der Waals surface area contributed by atoms with E-state index >= 15 is 0 Å². The topological polar surface area (TPSA) is 12.0 Å². The Morgan fingerprint density at radius 1 is 1.43 bits per heavy atom. The number of thioether (sulfide) groups is 1. The Morgan fingerprint density at radius 2 is 2.14 bits per heavy atom. The van der Waals surface area contributed by atoms with Crippen molar-refractivity contribution in [2.24, 2.45) is 0 Å². The highest BCUT2D eigenvalue weighted by atomic mass is 79.9. The van der Waals surface area contributed by atoms with Gasteiger partial charge in [0.05, 0.1) is 5.69 Å². The first-order valence-electron chi connectivity index (χ1n) is 4.02. The molecule has 0 aromatic heterocycles. The number of hydrogen-bond acceptors (Lipinski definition) is 2. The van der Waals surface area contributed by atoms with Crippen LogP contribution in [0.1, 0.15) is 0 Å². The van der Waals surface area contributed by atoms with E-state index in [0.29, 0.717) is 16.7 Å². The summed E-state index contributed by atoms with van der Waals surface area (Å²) in [7, 11) is 0. The third-order valence-corrected chi connectivity index (χ3v) is 2.85. The molecule has 0 bridgehead atoms. The lowest BCUT2D eigenvalue weighted by Gasteiger charge is -2.08. The van der Waals surface area contributed by atoms with Crippen LogP contribution in [0.4, 0.5) is 14.5 Å². The van der Waals surface area contributed by atoms with Crippen LogP contribution in [0.2, 0.25) is 0 Å². The molecule has 1 aromatic rings. The average Bonchev–Trinajstić information content (AvgIpc) is 2.09. The second-order valence-corrected chi connectivity index (χ2v) is 4.50. The summed E-state index contributed by atoms with van der Waals surface area (Å²) < 4.78 is 26.3. The number of halogens is 3. The molecule has 1 rings (SSSR count). The van der Waals surface area contributed by atoms with E-state index in [1.165, 1.54) is 6.07 Å². The van der Waals surface area contributed by atoms with Gasteiger partial charge in [0.25, 0.3) is 0 Å². The van der Waals surface area contributed by atoms with Gasteiger partial charge in [0.15, 0.2) is 0 Å². The molecular formula is C9H10BrF2NS. The number of benzene rings is 1. The molecule has 14 heavy (non-hydrogen) atoms. The number of anilines is 1. The lowest BCUT2D eigenvalue weighted by Crippen LogP contribution is -2.06. The predicted octanol–water partition coefficient (Wildman–Crippen LogP) is 3.50. The Morgan fingerprint density at radius 3 is 2.71 bits per heavy atom. The van der Waals surface area contributed by atoms with E-state index in [1.807, 2.05) is 6.26 Å². The van der Waals surface area contributed by atoms with Gasteiger partial charge in [-0.25, -0.2) is 8.78 Å². The molecule has 0 saturated heterocycles. The molecule has 0 heterocycles. The van der Waals surface area contributed by atoms with Crippen LogP contribution in [0.5, 0.6) is 0 Å². The van der Waals surface area contributed by atoms with Gasteiger partial charge in [-0.1, -0.05) is 0 Å². The Kier molecular flexibility index (Phi) is 4.68. The van der Waals surface area contributed by atoms with E-state index in [4.69, 9.17) is 0 Å². The first kappa shape index (κ1) is 11.8. The quantitative estimate of drug-likeness (QED) is 0.848. The molecule has 0 radical (unpaired) electrons. The second-order valence-electron chi connectivity index (χ2n) is 2.66. The summed E-state index contributed by atoms with van der Waals surface area (Å²) in [6.07, 6.45) is 1.97.